The first-order valence-electron chi connectivity index (χ1n) is 5.74. The highest BCUT2D eigenvalue weighted by molar-refractivity contribution is 5.66. The van der Waals surface area contributed by atoms with Crippen molar-refractivity contribution < 1.29 is 19.7 Å². The summed E-state index contributed by atoms with van der Waals surface area (Å²) in [6.45, 7) is 5.39. The van der Waals surface area contributed by atoms with E-state index in [0.717, 1.165) is 0 Å². The average Bonchev–Trinajstić information content (AvgIpc) is 2.26. The van der Waals surface area contributed by atoms with Crippen LogP contribution in [0.15, 0.2) is 0 Å². The van der Waals surface area contributed by atoms with E-state index in [4.69, 9.17) is 14.9 Å². The van der Waals surface area contributed by atoms with E-state index in [1.54, 1.807) is 0 Å². The molecule has 0 radical (unpaired) electrons. The molecular formula is C11H21NO4. The zero-order valence-electron chi connectivity index (χ0n) is 9.93. The Kier molecular flexibility index (Phi) is 5.18. The molecule has 0 aromatic heterocycles. The third-order valence-electron chi connectivity index (χ3n) is 3.10. The largest absolute Gasteiger partial charge is 0.481 e. The SMILES string of the molecule is CC(CCC(=O)O)N1CC(CO)OCC1C. The molecule has 0 aromatic carbocycles. The fourth-order valence-corrected chi connectivity index (χ4v) is 2.06. The molecule has 1 heterocycles. The van der Waals surface area contributed by atoms with E-state index in [9.17, 15) is 4.79 Å². The zero-order valence-corrected chi connectivity index (χ0v) is 9.93. The van der Waals surface area contributed by atoms with Crippen molar-refractivity contribution in [3.05, 3.63) is 0 Å². The first-order valence-corrected chi connectivity index (χ1v) is 5.74. The third-order valence-corrected chi connectivity index (χ3v) is 3.10. The molecule has 0 aromatic rings. The Morgan fingerprint density at radius 3 is 2.88 bits per heavy atom. The lowest BCUT2D eigenvalue weighted by Crippen LogP contribution is -2.53. The van der Waals surface area contributed by atoms with Crippen molar-refractivity contribution in [2.75, 3.05) is 19.8 Å². The molecule has 2 N–H and O–H groups in total. The monoisotopic (exact) mass is 231 g/mol. The number of nitrogens with zero attached hydrogens (tertiary/aromatic N) is 1. The fraction of sp³-hybridized carbons (Fsp3) is 0.909. The standard InChI is InChI=1S/C11H21NO4/c1-8(3-4-11(14)15)12-5-10(6-13)16-7-9(12)2/h8-10,13H,3-7H2,1-2H3,(H,14,15). The molecule has 0 aliphatic carbocycles. The summed E-state index contributed by atoms with van der Waals surface area (Å²) in [5.41, 5.74) is 0. The van der Waals surface area contributed by atoms with Gasteiger partial charge in [-0.2, -0.15) is 0 Å². The predicted molar refractivity (Wildman–Crippen MR) is 59.3 cm³/mol. The molecule has 0 bridgehead atoms. The van der Waals surface area contributed by atoms with Crippen molar-refractivity contribution in [3.8, 4) is 0 Å². The van der Waals surface area contributed by atoms with Gasteiger partial charge in [0.2, 0.25) is 0 Å². The minimum Gasteiger partial charge on any atom is -0.481 e. The summed E-state index contributed by atoms with van der Waals surface area (Å²) in [7, 11) is 0. The van der Waals surface area contributed by atoms with Gasteiger partial charge in [0.25, 0.3) is 0 Å². The molecule has 1 fully saturated rings. The van der Waals surface area contributed by atoms with E-state index in [0.29, 0.717) is 19.6 Å². The quantitative estimate of drug-likeness (QED) is 0.713. The highest BCUT2D eigenvalue weighted by Gasteiger charge is 2.28. The van der Waals surface area contributed by atoms with Crippen LogP contribution in [0.2, 0.25) is 0 Å². The average molecular weight is 231 g/mol. The molecule has 16 heavy (non-hydrogen) atoms. The maximum Gasteiger partial charge on any atom is 0.303 e. The number of carbonyl (C=O) groups is 1. The van der Waals surface area contributed by atoms with Crippen molar-refractivity contribution >= 4 is 5.97 Å². The molecule has 1 aliphatic heterocycles. The lowest BCUT2D eigenvalue weighted by molar-refractivity contribution is -0.137. The van der Waals surface area contributed by atoms with Crippen LogP contribution in [-0.4, -0.2) is 59.0 Å². The van der Waals surface area contributed by atoms with Crippen molar-refractivity contribution in [1.29, 1.82) is 0 Å². The van der Waals surface area contributed by atoms with Crippen molar-refractivity contribution in [1.82, 2.24) is 4.90 Å². The number of carboxylic acids is 1. The highest BCUT2D eigenvalue weighted by atomic mass is 16.5. The fourth-order valence-electron chi connectivity index (χ4n) is 2.06. The van der Waals surface area contributed by atoms with Crippen LogP contribution in [0.4, 0.5) is 0 Å². The molecule has 3 atom stereocenters. The second-order valence-electron chi connectivity index (χ2n) is 4.47. The minimum atomic E-state index is -0.758. The summed E-state index contributed by atoms with van der Waals surface area (Å²) in [5, 5.41) is 17.7. The first kappa shape index (κ1) is 13.4. The van der Waals surface area contributed by atoms with Gasteiger partial charge < -0.3 is 14.9 Å². The highest BCUT2D eigenvalue weighted by Crippen LogP contribution is 2.17. The number of aliphatic hydroxyl groups is 1. The number of hydrogen-bond donors (Lipinski definition) is 2. The van der Waals surface area contributed by atoms with E-state index in [2.05, 4.69) is 11.8 Å². The Bertz CT molecular complexity index is 234. The van der Waals surface area contributed by atoms with Crippen LogP contribution in [0.25, 0.3) is 0 Å². The summed E-state index contributed by atoms with van der Waals surface area (Å²) < 4.78 is 5.44. The Hall–Kier alpha value is -0.650. The van der Waals surface area contributed by atoms with E-state index >= 15 is 0 Å². The predicted octanol–water partition coefficient (Wildman–Crippen LogP) is 0.321. The summed E-state index contributed by atoms with van der Waals surface area (Å²) in [5.74, 6) is -0.758. The Balaban J connectivity index is 2.45. The van der Waals surface area contributed by atoms with E-state index in [-0.39, 0.29) is 31.2 Å². The van der Waals surface area contributed by atoms with Crippen molar-refractivity contribution in [2.24, 2.45) is 0 Å². The lowest BCUT2D eigenvalue weighted by atomic mass is 10.1. The van der Waals surface area contributed by atoms with Crippen LogP contribution in [-0.2, 0) is 9.53 Å². The molecule has 5 heteroatoms. The van der Waals surface area contributed by atoms with Crippen LogP contribution in [0.3, 0.4) is 0 Å². The van der Waals surface area contributed by atoms with E-state index < -0.39 is 5.97 Å². The normalized spacial score (nSPS) is 28.9. The number of morpholine rings is 1. The molecule has 1 saturated heterocycles. The van der Waals surface area contributed by atoms with Gasteiger partial charge in [-0.05, 0) is 20.3 Å². The zero-order chi connectivity index (χ0) is 12.1. The summed E-state index contributed by atoms with van der Waals surface area (Å²) in [6.07, 6.45) is 0.691. The molecule has 0 saturated carbocycles. The molecule has 1 aliphatic rings. The maximum absolute atomic E-state index is 10.5. The maximum atomic E-state index is 10.5. The van der Waals surface area contributed by atoms with Gasteiger partial charge in [-0.1, -0.05) is 0 Å². The van der Waals surface area contributed by atoms with Gasteiger partial charge in [-0.3, -0.25) is 9.69 Å². The topological polar surface area (TPSA) is 70.0 Å². The number of ether oxygens (including phenoxy) is 1. The van der Waals surface area contributed by atoms with Gasteiger partial charge in [-0.25, -0.2) is 0 Å². The third kappa shape index (κ3) is 3.73. The van der Waals surface area contributed by atoms with Crippen LogP contribution >= 0.6 is 0 Å². The molecule has 0 spiro atoms. The van der Waals surface area contributed by atoms with Crippen molar-refractivity contribution in [2.45, 2.75) is 44.9 Å². The number of carboxylic acid groups (broad SMARTS) is 1. The Morgan fingerprint density at radius 1 is 1.62 bits per heavy atom. The van der Waals surface area contributed by atoms with Crippen LogP contribution in [0.5, 0.6) is 0 Å². The van der Waals surface area contributed by atoms with Crippen molar-refractivity contribution in [3.63, 3.8) is 0 Å². The van der Waals surface area contributed by atoms with Crippen LogP contribution in [0.1, 0.15) is 26.7 Å². The van der Waals surface area contributed by atoms with Gasteiger partial charge in [0.15, 0.2) is 0 Å². The lowest BCUT2D eigenvalue weighted by Gasteiger charge is -2.41. The molecule has 3 unspecified atom stereocenters. The van der Waals surface area contributed by atoms with Gasteiger partial charge >= 0.3 is 5.97 Å². The first-order chi connectivity index (χ1) is 7.54. The smallest absolute Gasteiger partial charge is 0.303 e. The second kappa shape index (κ2) is 6.18. The summed E-state index contributed by atoms with van der Waals surface area (Å²) in [6, 6.07) is 0.496. The molecule has 94 valence electrons. The number of aliphatic carboxylic acids is 1. The number of aliphatic hydroxyl groups excluding tert-OH is 1. The summed E-state index contributed by atoms with van der Waals surface area (Å²) >= 11 is 0. The Morgan fingerprint density at radius 2 is 2.31 bits per heavy atom. The van der Waals surface area contributed by atoms with Crippen LogP contribution < -0.4 is 0 Å². The van der Waals surface area contributed by atoms with Gasteiger partial charge in [0, 0.05) is 25.0 Å². The Labute approximate surface area is 96.0 Å². The van der Waals surface area contributed by atoms with Crippen LogP contribution in [0, 0.1) is 0 Å². The van der Waals surface area contributed by atoms with Gasteiger partial charge in [0.05, 0.1) is 19.3 Å². The summed E-state index contributed by atoms with van der Waals surface area (Å²) in [4.78, 5) is 12.7. The second-order valence-corrected chi connectivity index (χ2v) is 4.47. The van der Waals surface area contributed by atoms with E-state index in [1.165, 1.54) is 0 Å². The molecule has 1 rings (SSSR count). The van der Waals surface area contributed by atoms with Gasteiger partial charge in [0.1, 0.15) is 0 Å². The molecule has 5 nitrogen and oxygen atoms in total. The number of rotatable bonds is 5. The van der Waals surface area contributed by atoms with Gasteiger partial charge in [-0.15, -0.1) is 0 Å². The van der Waals surface area contributed by atoms with E-state index in [1.807, 2.05) is 6.92 Å². The molecule has 0 amide bonds. The molecular weight excluding hydrogens is 210 g/mol. The number of hydrogen-bond acceptors (Lipinski definition) is 4. The minimum absolute atomic E-state index is 0.0227.